The predicted octanol–water partition coefficient (Wildman–Crippen LogP) is 3.32. The second-order valence-electron chi connectivity index (χ2n) is 6.14. The summed E-state index contributed by atoms with van der Waals surface area (Å²) >= 11 is 1.51. The normalized spacial score (nSPS) is 19.0. The molecule has 1 aromatic heterocycles. The summed E-state index contributed by atoms with van der Waals surface area (Å²) < 4.78 is 1.68. The lowest BCUT2D eigenvalue weighted by atomic mass is 9.85. The molecule has 0 saturated heterocycles. The molecule has 26 heavy (non-hydrogen) atoms. The van der Waals surface area contributed by atoms with Crippen LogP contribution in [0.3, 0.4) is 0 Å². The molecule has 134 valence electrons. The van der Waals surface area contributed by atoms with E-state index in [0.717, 1.165) is 24.3 Å². The highest BCUT2D eigenvalue weighted by Crippen LogP contribution is 2.41. The van der Waals surface area contributed by atoms with Crippen LogP contribution in [0.5, 0.6) is 0 Å². The molecule has 0 amide bonds. The molecule has 1 aromatic carbocycles. The van der Waals surface area contributed by atoms with Crippen molar-refractivity contribution >= 4 is 29.2 Å². The van der Waals surface area contributed by atoms with Gasteiger partial charge in [-0.25, -0.2) is 4.68 Å². The van der Waals surface area contributed by atoms with E-state index >= 15 is 0 Å². The number of fused-ring (bicyclic) bond motifs is 1. The standard InChI is InChI=1S/C17H17N5O3S/c1-2-26-17-19-16-18-12-7-4-8-13(23)14(12)15(21(16)20-17)10-5-3-6-11(9-10)22(24)25/h3,5-6,9,15H,2,4,7-8H2,1H3,(H,18,19,20). The van der Waals surface area contributed by atoms with Gasteiger partial charge in [-0.1, -0.05) is 30.8 Å². The van der Waals surface area contributed by atoms with Crippen molar-refractivity contribution in [3.8, 4) is 0 Å². The maximum atomic E-state index is 12.7. The lowest BCUT2D eigenvalue weighted by Crippen LogP contribution is -2.31. The van der Waals surface area contributed by atoms with Crippen LogP contribution in [0.25, 0.3) is 0 Å². The summed E-state index contributed by atoms with van der Waals surface area (Å²) in [5.74, 6) is 1.46. The Morgan fingerprint density at radius 1 is 1.42 bits per heavy atom. The van der Waals surface area contributed by atoms with Crippen LogP contribution in [0.2, 0.25) is 0 Å². The third-order valence-electron chi connectivity index (χ3n) is 4.52. The number of aromatic nitrogens is 3. The average Bonchev–Trinajstić information content (AvgIpc) is 3.02. The van der Waals surface area contributed by atoms with Gasteiger partial charge in [-0.2, -0.15) is 4.98 Å². The number of nitrogens with zero attached hydrogens (tertiary/aromatic N) is 4. The Morgan fingerprint density at radius 2 is 2.27 bits per heavy atom. The van der Waals surface area contributed by atoms with Crippen molar-refractivity contribution in [1.82, 2.24) is 14.8 Å². The van der Waals surface area contributed by atoms with E-state index in [4.69, 9.17) is 0 Å². The summed E-state index contributed by atoms with van der Waals surface area (Å²) in [6.07, 6.45) is 2.03. The number of nitrogens with one attached hydrogen (secondary N) is 1. The number of thioether (sulfide) groups is 1. The van der Waals surface area contributed by atoms with E-state index in [1.807, 2.05) is 6.92 Å². The number of carbonyl (C=O) groups excluding carboxylic acids is 1. The molecule has 2 aliphatic rings. The first-order valence-corrected chi connectivity index (χ1v) is 9.44. The molecule has 2 aromatic rings. The third-order valence-corrected chi connectivity index (χ3v) is 5.24. The molecule has 1 atom stereocenters. The molecule has 9 heteroatoms. The Morgan fingerprint density at radius 3 is 3.04 bits per heavy atom. The maximum Gasteiger partial charge on any atom is 0.269 e. The van der Waals surface area contributed by atoms with Crippen molar-refractivity contribution in [2.45, 2.75) is 37.4 Å². The van der Waals surface area contributed by atoms with Gasteiger partial charge in [0.05, 0.1) is 4.92 Å². The number of benzene rings is 1. The highest BCUT2D eigenvalue weighted by molar-refractivity contribution is 7.99. The molecular weight excluding hydrogens is 354 g/mol. The Labute approximate surface area is 153 Å². The van der Waals surface area contributed by atoms with Crippen LogP contribution in [0.1, 0.15) is 37.8 Å². The van der Waals surface area contributed by atoms with E-state index < -0.39 is 11.0 Å². The Hall–Kier alpha value is -2.68. The quantitative estimate of drug-likeness (QED) is 0.499. The highest BCUT2D eigenvalue weighted by atomic mass is 32.2. The Kier molecular flexibility index (Phi) is 4.23. The summed E-state index contributed by atoms with van der Waals surface area (Å²) in [7, 11) is 0. The molecule has 0 saturated carbocycles. The van der Waals surface area contributed by atoms with Crippen molar-refractivity contribution in [3.63, 3.8) is 0 Å². The van der Waals surface area contributed by atoms with Gasteiger partial charge in [0.1, 0.15) is 6.04 Å². The number of carbonyl (C=O) groups is 1. The second-order valence-corrected chi connectivity index (χ2v) is 7.38. The minimum Gasteiger partial charge on any atom is -0.328 e. The number of allylic oxidation sites excluding steroid dienone is 2. The molecule has 0 spiro atoms. The zero-order chi connectivity index (χ0) is 18.3. The van der Waals surface area contributed by atoms with E-state index in [-0.39, 0.29) is 11.5 Å². The second kappa shape index (κ2) is 6.56. The fraction of sp³-hybridized carbons (Fsp3) is 0.353. The fourth-order valence-corrected chi connectivity index (χ4v) is 4.00. The summed E-state index contributed by atoms with van der Waals surface area (Å²) in [5, 5.41) is 19.6. The van der Waals surface area contributed by atoms with E-state index in [2.05, 4.69) is 15.4 Å². The molecule has 1 aliphatic carbocycles. The molecule has 8 nitrogen and oxygen atoms in total. The number of Topliss-reactive ketones (excluding diaryl/α,β-unsaturated/α-hetero) is 1. The van der Waals surface area contributed by atoms with Crippen LogP contribution in [-0.2, 0) is 4.79 Å². The number of nitro groups is 1. The van der Waals surface area contributed by atoms with Gasteiger partial charge in [0.15, 0.2) is 5.78 Å². The lowest BCUT2D eigenvalue weighted by Gasteiger charge is -2.32. The molecular formula is C17H17N5O3S. The first kappa shape index (κ1) is 16.8. The van der Waals surface area contributed by atoms with Crippen LogP contribution in [0.4, 0.5) is 11.6 Å². The van der Waals surface area contributed by atoms with Gasteiger partial charge < -0.3 is 5.32 Å². The number of hydrogen-bond acceptors (Lipinski definition) is 7. The minimum atomic E-state index is -0.493. The largest absolute Gasteiger partial charge is 0.328 e. The van der Waals surface area contributed by atoms with Crippen LogP contribution in [0, 0.1) is 10.1 Å². The van der Waals surface area contributed by atoms with Crippen molar-refractivity contribution < 1.29 is 9.72 Å². The van der Waals surface area contributed by atoms with Crippen LogP contribution in [0.15, 0.2) is 40.7 Å². The molecule has 0 fully saturated rings. The van der Waals surface area contributed by atoms with E-state index in [0.29, 0.717) is 28.7 Å². The molecule has 2 heterocycles. The number of hydrogen-bond donors (Lipinski definition) is 1. The molecule has 1 N–H and O–H groups in total. The van der Waals surface area contributed by atoms with Gasteiger partial charge in [0.25, 0.3) is 5.69 Å². The van der Waals surface area contributed by atoms with Gasteiger partial charge in [-0.05, 0) is 24.2 Å². The Balaban J connectivity index is 1.88. The fourth-order valence-electron chi connectivity index (χ4n) is 3.44. The number of ketones is 1. The summed E-state index contributed by atoms with van der Waals surface area (Å²) in [4.78, 5) is 28.0. The zero-order valence-electron chi connectivity index (χ0n) is 14.1. The monoisotopic (exact) mass is 371 g/mol. The molecule has 1 aliphatic heterocycles. The Bertz CT molecular complexity index is 936. The zero-order valence-corrected chi connectivity index (χ0v) is 15.0. The van der Waals surface area contributed by atoms with Crippen LogP contribution in [-0.4, -0.2) is 31.2 Å². The summed E-state index contributed by atoms with van der Waals surface area (Å²) in [6, 6.07) is 5.91. The van der Waals surface area contributed by atoms with E-state index in [1.165, 1.54) is 23.9 Å². The highest BCUT2D eigenvalue weighted by Gasteiger charge is 2.37. The minimum absolute atomic E-state index is 0.00346. The predicted molar refractivity (Wildman–Crippen MR) is 97.2 cm³/mol. The third kappa shape index (κ3) is 2.78. The van der Waals surface area contributed by atoms with Gasteiger partial charge >= 0.3 is 0 Å². The van der Waals surface area contributed by atoms with Crippen molar-refractivity contribution in [1.29, 1.82) is 0 Å². The van der Waals surface area contributed by atoms with Crippen molar-refractivity contribution in [2.75, 3.05) is 11.1 Å². The summed E-state index contributed by atoms with van der Waals surface area (Å²) in [6.45, 7) is 2.02. The number of non-ortho nitro benzene ring substituents is 1. The van der Waals surface area contributed by atoms with Crippen molar-refractivity contribution in [3.05, 3.63) is 51.2 Å². The van der Waals surface area contributed by atoms with Crippen LogP contribution < -0.4 is 5.32 Å². The van der Waals surface area contributed by atoms with Gasteiger partial charge in [0, 0.05) is 29.8 Å². The summed E-state index contributed by atoms with van der Waals surface area (Å²) in [5.41, 5.74) is 2.16. The van der Waals surface area contributed by atoms with E-state index in [9.17, 15) is 14.9 Å². The average molecular weight is 371 g/mol. The topological polar surface area (TPSA) is 103 Å². The molecule has 4 rings (SSSR count). The van der Waals surface area contributed by atoms with E-state index in [1.54, 1.807) is 16.8 Å². The molecule has 0 radical (unpaired) electrons. The van der Waals surface area contributed by atoms with Gasteiger partial charge in [0.2, 0.25) is 11.1 Å². The van der Waals surface area contributed by atoms with Gasteiger partial charge in [-0.15, -0.1) is 5.10 Å². The first-order valence-electron chi connectivity index (χ1n) is 8.45. The van der Waals surface area contributed by atoms with Crippen LogP contribution >= 0.6 is 11.8 Å². The number of rotatable bonds is 4. The first-order chi connectivity index (χ1) is 12.6. The molecule has 1 unspecified atom stereocenters. The maximum absolute atomic E-state index is 12.7. The number of anilines is 1. The SMILES string of the molecule is CCSc1nc2n(n1)C(c1cccc([N+](=O)[O-])c1)C1=C(CCCC1=O)N2. The smallest absolute Gasteiger partial charge is 0.269 e. The molecule has 0 bridgehead atoms. The van der Waals surface area contributed by atoms with Gasteiger partial charge in [-0.3, -0.25) is 14.9 Å². The lowest BCUT2D eigenvalue weighted by molar-refractivity contribution is -0.384. The number of nitro benzene ring substituents is 1. The van der Waals surface area contributed by atoms with Crippen molar-refractivity contribution in [2.24, 2.45) is 0 Å².